The molecule has 1 heterocycles. The monoisotopic (exact) mass is 187 g/mol. The third kappa shape index (κ3) is 2.34. The van der Waals surface area contributed by atoms with Gasteiger partial charge in [0.1, 0.15) is 0 Å². The number of hydrogen-bond donors (Lipinski definition) is 1. The Morgan fingerprint density at radius 1 is 1.62 bits per heavy atom. The minimum Gasteiger partial charge on any atom is -0.450 e. The van der Waals surface area contributed by atoms with Gasteiger partial charge in [0, 0.05) is 25.6 Å². The molecule has 1 saturated heterocycles. The van der Waals surface area contributed by atoms with E-state index in [4.69, 9.17) is 9.84 Å². The highest BCUT2D eigenvalue weighted by atomic mass is 16.6. The Morgan fingerprint density at radius 2 is 2.31 bits per heavy atom. The van der Waals surface area contributed by atoms with Gasteiger partial charge in [-0.25, -0.2) is 4.79 Å². The summed E-state index contributed by atoms with van der Waals surface area (Å²) in [6.07, 6.45) is -0.259. The Morgan fingerprint density at radius 3 is 2.77 bits per heavy atom. The molecule has 0 saturated carbocycles. The number of hydrogen-bond acceptors (Lipinski definition) is 3. The molecule has 0 radical (unpaired) electrons. The van der Waals surface area contributed by atoms with Crippen molar-refractivity contribution >= 4 is 6.09 Å². The van der Waals surface area contributed by atoms with Gasteiger partial charge in [0.2, 0.25) is 0 Å². The lowest BCUT2D eigenvalue weighted by Gasteiger charge is -2.14. The van der Waals surface area contributed by atoms with Crippen LogP contribution in [-0.2, 0) is 4.74 Å². The van der Waals surface area contributed by atoms with Crippen LogP contribution in [0.15, 0.2) is 0 Å². The summed E-state index contributed by atoms with van der Waals surface area (Å²) in [7, 11) is 0. The highest BCUT2D eigenvalue weighted by Gasteiger charge is 2.32. The summed E-state index contributed by atoms with van der Waals surface area (Å²) in [5.74, 6) is 0.582. The van der Waals surface area contributed by atoms with Crippen molar-refractivity contribution in [1.29, 1.82) is 0 Å². The predicted molar refractivity (Wildman–Crippen MR) is 48.3 cm³/mol. The van der Waals surface area contributed by atoms with Gasteiger partial charge in [0.25, 0.3) is 0 Å². The minimum absolute atomic E-state index is 0.150. The second kappa shape index (κ2) is 4.46. The smallest absolute Gasteiger partial charge is 0.409 e. The SMILES string of the molecule is CCOC(=O)N1CC(C)C(CO)C1. The third-order valence-electron chi connectivity index (χ3n) is 2.53. The molecule has 13 heavy (non-hydrogen) atoms. The topological polar surface area (TPSA) is 49.8 Å². The van der Waals surface area contributed by atoms with Crippen molar-refractivity contribution in [3.63, 3.8) is 0 Å². The van der Waals surface area contributed by atoms with E-state index in [0.717, 1.165) is 0 Å². The molecule has 4 nitrogen and oxygen atoms in total. The van der Waals surface area contributed by atoms with E-state index in [1.54, 1.807) is 11.8 Å². The molecule has 1 N–H and O–H groups in total. The number of rotatable bonds is 2. The normalized spacial score (nSPS) is 27.8. The first-order valence-corrected chi connectivity index (χ1v) is 4.71. The zero-order valence-corrected chi connectivity index (χ0v) is 8.19. The quantitative estimate of drug-likeness (QED) is 0.692. The van der Waals surface area contributed by atoms with Gasteiger partial charge in [-0.05, 0) is 12.8 Å². The number of nitrogens with zero attached hydrogens (tertiary/aromatic N) is 1. The zero-order chi connectivity index (χ0) is 9.84. The van der Waals surface area contributed by atoms with Crippen LogP contribution >= 0.6 is 0 Å². The fourth-order valence-corrected chi connectivity index (χ4v) is 1.64. The van der Waals surface area contributed by atoms with Crippen molar-refractivity contribution in [3.8, 4) is 0 Å². The molecule has 2 unspecified atom stereocenters. The van der Waals surface area contributed by atoms with Crippen LogP contribution in [0, 0.1) is 11.8 Å². The number of aliphatic hydroxyl groups excluding tert-OH is 1. The van der Waals surface area contributed by atoms with Crippen LogP contribution in [0.25, 0.3) is 0 Å². The molecule has 1 fully saturated rings. The van der Waals surface area contributed by atoms with Gasteiger partial charge in [-0.2, -0.15) is 0 Å². The number of ether oxygens (including phenoxy) is 1. The summed E-state index contributed by atoms with van der Waals surface area (Å²) in [4.78, 5) is 12.9. The molecular formula is C9H17NO3. The Bertz CT molecular complexity index is 184. The molecule has 2 atom stereocenters. The van der Waals surface area contributed by atoms with Crippen molar-refractivity contribution in [3.05, 3.63) is 0 Å². The van der Waals surface area contributed by atoms with E-state index < -0.39 is 0 Å². The zero-order valence-electron chi connectivity index (χ0n) is 8.19. The largest absolute Gasteiger partial charge is 0.450 e. The van der Waals surface area contributed by atoms with Crippen LogP contribution < -0.4 is 0 Å². The molecule has 1 amide bonds. The van der Waals surface area contributed by atoms with Gasteiger partial charge in [-0.15, -0.1) is 0 Å². The molecule has 0 aromatic rings. The minimum atomic E-state index is -0.259. The van der Waals surface area contributed by atoms with Gasteiger partial charge < -0.3 is 14.7 Å². The molecule has 0 bridgehead atoms. The van der Waals surface area contributed by atoms with Crippen LogP contribution in [0.4, 0.5) is 4.79 Å². The standard InChI is InChI=1S/C9H17NO3/c1-3-13-9(12)10-4-7(2)8(5-10)6-11/h7-8,11H,3-6H2,1-2H3. The molecule has 0 aliphatic carbocycles. The van der Waals surface area contributed by atoms with Crippen LogP contribution in [0.2, 0.25) is 0 Å². The Hall–Kier alpha value is -0.770. The highest BCUT2D eigenvalue weighted by Crippen LogP contribution is 2.22. The summed E-state index contributed by atoms with van der Waals surface area (Å²) >= 11 is 0. The van der Waals surface area contributed by atoms with Crippen molar-refractivity contribution in [1.82, 2.24) is 4.90 Å². The number of carbonyl (C=O) groups excluding carboxylic acids is 1. The van der Waals surface area contributed by atoms with Crippen LogP contribution in [0.1, 0.15) is 13.8 Å². The van der Waals surface area contributed by atoms with E-state index in [2.05, 4.69) is 0 Å². The Balaban J connectivity index is 2.43. The molecular weight excluding hydrogens is 170 g/mol. The first-order valence-electron chi connectivity index (χ1n) is 4.71. The highest BCUT2D eigenvalue weighted by molar-refractivity contribution is 5.67. The van der Waals surface area contributed by atoms with Crippen molar-refractivity contribution in [2.75, 3.05) is 26.3 Å². The van der Waals surface area contributed by atoms with E-state index >= 15 is 0 Å². The summed E-state index contributed by atoms with van der Waals surface area (Å²) in [5, 5.41) is 8.99. The lowest BCUT2D eigenvalue weighted by molar-refractivity contribution is 0.112. The fraction of sp³-hybridized carbons (Fsp3) is 0.889. The van der Waals surface area contributed by atoms with E-state index in [9.17, 15) is 4.79 Å². The average Bonchev–Trinajstić information content (AvgIpc) is 2.47. The lowest BCUT2D eigenvalue weighted by atomic mass is 10.00. The summed E-state index contributed by atoms with van der Waals surface area (Å²) < 4.78 is 4.87. The summed E-state index contributed by atoms with van der Waals surface area (Å²) in [6, 6.07) is 0. The third-order valence-corrected chi connectivity index (χ3v) is 2.53. The summed E-state index contributed by atoms with van der Waals surface area (Å²) in [5.41, 5.74) is 0. The molecule has 1 aliphatic heterocycles. The second-order valence-electron chi connectivity index (χ2n) is 3.52. The molecule has 0 aromatic carbocycles. The van der Waals surface area contributed by atoms with Crippen LogP contribution in [0.3, 0.4) is 0 Å². The van der Waals surface area contributed by atoms with E-state index in [0.29, 0.717) is 25.6 Å². The number of carbonyl (C=O) groups is 1. The van der Waals surface area contributed by atoms with Gasteiger partial charge >= 0.3 is 6.09 Å². The Kier molecular flexibility index (Phi) is 3.54. The van der Waals surface area contributed by atoms with Crippen LogP contribution in [-0.4, -0.2) is 42.4 Å². The molecule has 1 aliphatic rings. The maximum absolute atomic E-state index is 11.3. The number of aliphatic hydroxyl groups is 1. The lowest BCUT2D eigenvalue weighted by Crippen LogP contribution is -2.29. The molecule has 4 heteroatoms. The van der Waals surface area contributed by atoms with Crippen molar-refractivity contribution < 1.29 is 14.6 Å². The number of likely N-dealkylation sites (tertiary alicyclic amines) is 1. The summed E-state index contributed by atoms with van der Waals surface area (Å²) in [6.45, 7) is 5.71. The van der Waals surface area contributed by atoms with Gasteiger partial charge in [0.15, 0.2) is 0 Å². The maximum atomic E-state index is 11.3. The van der Waals surface area contributed by atoms with Gasteiger partial charge in [-0.3, -0.25) is 0 Å². The molecule has 0 aromatic heterocycles. The first kappa shape index (κ1) is 10.3. The van der Waals surface area contributed by atoms with Crippen molar-refractivity contribution in [2.24, 2.45) is 11.8 Å². The fourth-order valence-electron chi connectivity index (χ4n) is 1.64. The van der Waals surface area contributed by atoms with E-state index in [-0.39, 0.29) is 18.6 Å². The van der Waals surface area contributed by atoms with E-state index in [1.165, 1.54) is 0 Å². The Labute approximate surface area is 78.5 Å². The molecule has 0 spiro atoms. The van der Waals surface area contributed by atoms with Crippen LogP contribution in [0.5, 0.6) is 0 Å². The predicted octanol–water partition coefficient (Wildman–Crippen LogP) is 0.703. The number of amides is 1. The maximum Gasteiger partial charge on any atom is 0.409 e. The van der Waals surface area contributed by atoms with E-state index in [1.807, 2.05) is 6.92 Å². The molecule has 1 rings (SSSR count). The second-order valence-corrected chi connectivity index (χ2v) is 3.52. The van der Waals surface area contributed by atoms with Crippen molar-refractivity contribution in [2.45, 2.75) is 13.8 Å². The molecule has 76 valence electrons. The average molecular weight is 187 g/mol. The van der Waals surface area contributed by atoms with Gasteiger partial charge in [0.05, 0.1) is 6.61 Å². The van der Waals surface area contributed by atoms with Gasteiger partial charge in [-0.1, -0.05) is 6.92 Å². The first-order chi connectivity index (χ1) is 6.19.